The van der Waals surface area contributed by atoms with Crippen LogP contribution in [0, 0.1) is 8.34 Å². The van der Waals surface area contributed by atoms with Gasteiger partial charge in [0.1, 0.15) is 6.04 Å². The smallest absolute Gasteiger partial charge is 0.243 e. The molecule has 1 amide bonds. The molecule has 3 rings (SSSR count). The second-order valence-corrected chi connectivity index (χ2v) is 6.04. The van der Waals surface area contributed by atoms with Crippen LogP contribution >= 0.6 is 34.8 Å². The van der Waals surface area contributed by atoms with E-state index < -0.39 is 0 Å². The van der Waals surface area contributed by atoms with Crippen LogP contribution in [0.3, 0.4) is 0 Å². The summed E-state index contributed by atoms with van der Waals surface area (Å²) in [5.41, 5.74) is 1.99. The molecule has 4 nitrogen and oxygen atoms in total. The maximum Gasteiger partial charge on any atom is 0.243 e. The van der Waals surface area contributed by atoms with E-state index in [0.717, 1.165) is 34.0 Å². The predicted octanol–water partition coefficient (Wildman–Crippen LogP) is 2.75. The molecule has 1 fully saturated rings. The van der Waals surface area contributed by atoms with Gasteiger partial charge in [-0.3, -0.25) is 4.79 Å². The third-order valence-electron chi connectivity index (χ3n) is 3.25. The molecule has 0 saturated carbocycles. The summed E-state index contributed by atoms with van der Waals surface area (Å²) < 4.78 is 3.71. The van der Waals surface area contributed by atoms with Crippen LogP contribution in [0.1, 0.15) is 18.9 Å². The third kappa shape index (κ3) is 1.97. The molecule has 0 aliphatic carbocycles. The van der Waals surface area contributed by atoms with E-state index in [1.165, 1.54) is 0 Å². The predicted molar refractivity (Wildman–Crippen MR) is 81.1 cm³/mol. The van der Waals surface area contributed by atoms with Gasteiger partial charge in [0, 0.05) is 10.1 Å². The number of amides is 1. The van der Waals surface area contributed by atoms with Crippen LogP contribution in [-0.2, 0) is 4.79 Å². The zero-order valence-corrected chi connectivity index (χ0v) is 12.5. The average molecular weight is 373 g/mol. The number of H-pyrrole nitrogens is 1. The molecule has 1 aromatic carbocycles. The Morgan fingerprint density at radius 3 is 3.06 bits per heavy atom. The molecule has 1 unspecified atom stereocenters. The second kappa shape index (κ2) is 4.65. The first kappa shape index (κ1) is 12.2. The molecule has 2 aromatic rings. The molecular formula is C12H12IN3OS. The lowest BCUT2D eigenvalue weighted by Crippen LogP contribution is -2.37. The summed E-state index contributed by atoms with van der Waals surface area (Å²) in [6.45, 7) is 0.767. The molecular weight excluding hydrogens is 361 g/mol. The highest BCUT2D eigenvalue weighted by atomic mass is 127. The van der Waals surface area contributed by atoms with E-state index in [-0.39, 0.29) is 11.9 Å². The van der Waals surface area contributed by atoms with Gasteiger partial charge in [-0.25, -0.2) is 0 Å². The minimum absolute atomic E-state index is 0.0665. The van der Waals surface area contributed by atoms with E-state index >= 15 is 0 Å². The number of fused-ring (bicyclic) bond motifs is 1. The fraction of sp³-hybridized carbons (Fsp3) is 0.333. The highest BCUT2D eigenvalue weighted by Gasteiger charge is 2.25. The average Bonchev–Trinajstić information content (AvgIpc) is 2.65. The highest BCUT2D eigenvalue weighted by Crippen LogP contribution is 2.25. The summed E-state index contributed by atoms with van der Waals surface area (Å²) in [5.74, 6) is 0.0665. The van der Waals surface area contributed by atoms with Crippen LogP contribution in [0.5, 0.6) is 0 Å². The van der Waals surface area contributed by atoms with Gasteiger partial charge in [0.25, 0.3) is 0 Å². The van der Waals surface area contributed by atoms with Crippen molar-refractivity contribution in [1.82, 2.24) is 14.9 Å². The van der Waals surface area contributed by atoms with Crippen LogP contribution in [0.4, 0.5) is 0 Å². The van der Waals surface area contributed by atoms with E-state index in [4.69, 9.17) is 12.2 Å². The number of nitrogens with zero attached hydrogens (tertiary/aromatic N) is 1. The summed E-state index contributed by atoms with van der Waals surface area (Å²) in [7, 11) is 0. The lowest BCUT2D eigenvalue weighted by molar-refractivity contribution is -0.125. The molecule has 1 aromatic heterocycles. The van der Waals surface area contributed by atoms with Crippen molar-refractivity contribution in [3.8, 4) is 0 Å². The number of carbonyl (C=O) groups is 1. The van der Waals surface area contributed by atoms with Crippen molar-refractivity contribution in [3.63, 3.8) is 0 Å². The highest BCUT2D eigenvalue weighted by molar-refractivity contribution is 14.1. The summed E-state index contributed by atoms with van der Waals surface area (Å²) in [6.07, 6.45) is 1.84. The van der Waals surface area contributed by atoms with Crippen molar-refractivity contribution >= 4 is 51.7 Å². The summed E-state index contributed by atoms with van der Waals surface area (Å²) in [5, 5.41) is 2.90. The zero-order valence-electron chi connectivity index (χ0n) is 9.57. The number of aromatic nitrogens is 2. The second-order valence-electron chi connectivity index (χ2n) is 4.41. The number of imidazole rings is 1. The minimum atomic E-state index is -0.180. The van der Waals surface area contributed by atoms with Gasteiger partial charge in [-0.05, 0) is 65.8 Å². The van der Waals surface area contributed by atoms with Crippen LogP contribution < -0.4 is 5.32 Å². The number of rotatable bonds is 1. The summed E-state index contributed by atoms with van der Waals surface area (Å²) in [6, 6.07) is 5.91. The van der Waals surface area contributed by atoms with Gasteiger partial charge in [-0.1, -0.05) is 0 Å². The number of hydrogen-bond donors (Lipinski definition) is 2. The van der Waals surface area contributed by atoms with Crippen LogP contribution in [0.25, 0.3) is 11.0 Å². The molecule has 1 atom stereocenters. The van der Waals surface area contributed by atoms with Gasteiger partial charge in [-0.15, -0.1) is 0 Å². The first-order chi connectivity index (χ1) is 8.66. The molecule has 18 heavy (non-hydrogen) atoms. The zero-order chi connectivity index (χ0) is 12.7. The molecule has 2 N–H and O–H groups in total. The van der Waals surface area contributed by atoms with Gasteiger partial charge in [0.2, 0.25) is 5.91 Å². The Balaban J connectivity index is 2.19. The molecule has 0 spiro atoms. The Kier molecular flexibility index (Phi) is 3.14. The van der Waals surface area contributed by atoms with Crippen LogP contribution in [0.15, 0.2) is 18.2 Å². The van der Waals surface area contributed by atoms with Gasteiger partial charge >= 0.3 is 0 Å². The van der Waals surface area contributed by atoms with Gasteiger partial charge < -0.3 is 14.9 Å². The Morgan fingerprint density at radius 2 is 2.28 bits per heavy atom. The molecule has 6 heteroatoms. The number of benzene rings is 1. The minimum Gasteiger partial charge on any atom is -0.354 e. The van der Waals surface area contributed by atoms with E-state index in [9.17, 15) is 4.79 Å². The first-order valence-electron chi connectivity index (χ1n) is 5.84. The van der Waals surface area contributed by atoms with Gasteiger partial charge in [0.15, 0.2) is 4.77 Å². The third-order valence-corrected chi connectivity index (χ3v) is 4.22. The monoisotopic (exact) mass is 373 g/mol. The fourth-order valence-electron chi connectivity index (χ4n) is 2.41. The maximum absolute atomic E-state index is 12.0. The summed E-state index contributed by atoms with van der Waals surface area (Å²) in [4.78, 5) is 15.1. The lowest BCUT2D eigenvalue weighted by Gasteiger charge is -2.23. The topological polar surface area (TPSA) is 49.8 Å². The van der Waals surface area contributed by atoms with Crippen molar-refractivity contribution in [2.45, 2.75) is 18.9 Å². The Hall–Kier alpha value is -0.890. The number of nitrogens with one attached hydrogen (secondary N) is 2. The molecule has 0 bridgehead atoms. The van der Waals surface area contributed by atoms with Crippen molar-refractivity contribution in [3.05, 3.63) is 26.5 Å². The first-order valence-corrected chi connectivity index (χ1v) is 7.33. The molecule has 1 saturated heterocycles. The van der Waals surface area contributed by atoms with E-state index in [0.29, 0.717) is 4.77 Å². The van der Waals surface area contributed by atoms with Crippen molar-refractivity contribution in [1.29, 1.82) is 0 Å². The Bertz CT molecular complexity index is 676. The van der Waals surface area contributed by atoms with Gasteiger partial charge in [0.05, 0.1) is 11.0 Å². The number of carbonyl (C=O) groups excluding carboxylic acids is 1. The largest absolute Gasteiger partial charge is 0.354 e. The van der Waals surface area contributed by atoms with E-state index in [1.807, 2.05) is 22.8 Å². The van der Waals surface area contributed by atoms with Crippen LogP contribution in [-0.4, -0.2) is 22.0 Å². The summed E-state index contributed by atoms with van der Waals surface area (Å²) >= 11 is 7.62. The standard InChI is InChI=1S/C12H12IN3OS/c13-7-3-4-9-8(6-7)15-12(18)16(9)10-2-1-5-14-11(10)17/h3-4,6,10H,1-2,5H2,(H,14,17)(H,15,18). The molecule has 1 aliphatic rings. The lowest BCUT2D eigenvalue weighted by atomic mass is 10.1. The normalized spacial score (nSPS) is 20.1. The van der Waals surface area contributed by atoms with E-state index in [2.05, 4.69) is 32.9 Å². The van der Waals surface area contributed by atoms with Gasteiger partial charge in [-0.2, -0.15) is 0 Å². The fourth-order valence-corrected chi connectivity index (χ4v) is 3.24. The van der Waals surface area contributed by atoms with Crippen molar-refractivity contribution < 1.29 is 4.79 Å². The molecule has 1 aliphatic heterocycles. The SMILES string of the molecule is O=C1NCCCC1n1c(=S)[nH]c2cc(I)ccc21. The van der Waals surface area contributed by atoms with Crippen molar-refractivity contribution in [2.24, 2.45) is 0 Å². The number of aromatic amines is 1. The van der Waals surface area contributed by atoms with Crippen LogP contribution in [0.2, 0.25) is 0 Å². The number of hydrogen-bond acceptors (Lipinski definition) is 2. The number of halogens is 1. The van der Waals surface area contributed by atoms with Crippen molar-refractivity contribution in [2.75, 3.05) is 6.54 Å². The molecule has 0 radical (unpaired) electrons. The quantitative estimate of drug-likeness (QED) is 0.597. The maximum atomic E-state index is 12.0. The Labute approximate surface area is 123 Å². The van der Waals surface area contributed by atoms with E-state index in [1.54, 1.807) is 0 Å². The molecule has 94 valence electrons. The molecule has 2 heterocycles. The number of piperidine rings is 1. The Morgan fingerprint density at radius 1 is 1.44 bits per heavy atom.